The molecule has 2 rings (SSSR count). The molecule has 140 valence electrons. The van der Waals surface area contributed by atoms with Crippen LogP contribution in [0.25, 0.3) is 0 Å². The largest absolute Gasteiger partial charge is 0.497 e. The first-order valence-corrected chi connectivity index (χ1v) is 8.88. The minimum atomic E-state index is -0.941. The summed E-state index contributed by atoms with van der Waals surface area (Å²) in [4.78, 5) is 11.0. The third-order valence-electron chi connectivity index (χ3n) is 4.41. The summed E-state index contributed by atoms with van der Waals surface area (Å²) in [6.07, 6.45) is 2.81. The van der Waals surface area contributed by atoms with Gasteiger partial charge < -0.3 is 20.3 Å². The number of ether oxygens (including phenoxy) is 2. The summed E-state index contributed by atoms with van der Waals surface area (Å²) in [6, 6.07) is 14.2. The Balaban J connectivity index is 2.05. The number of benzene rings is 2. The Morgan fingerprint density at radius 1 is 1.12 bits per heavy atom. The molecular weight excluding hydrogens is 330 g/mol. The molecule has 26 heavy (non-hydrogen) atoms. The van der Waals surface area contributed by atoms with Gasteiger partial charge in [-0.2, -0.15) is 0 Å². The quantitative estimate of drug-likeness (QED) is 0.667. The van der Waals surface area contributed by atoms with Crippen molar-refractivity contribution in [2.75, 3.05) is 7.11 Å². The van der Waals surface area contributed by atoms with Crippen molar-refractivity contribution >= 4 is 5.97 Å². The van der Waals surface area contributed by atoms with Crippen molar-refractivity contribution < 1.29 is 19.4 Å². The van der Waals surface area contributed by atoms with Gasteiger partial charge in [0, 0.05) is 0 Å². The fraction of sp³-hybridized carbons (Fsp3) is 0.381. The lowest BCUT2D eigenvalue weighted by Gasteiger charge is -2.25. The van der Waals surface area contributed by atoms with Gasteiger partial charge in [0.15, 0.2) is 0 Å². The minimum Gasteiger partial charge on any atom is -0.497 e. The zero-order valence-corrected chi connectivity index (χ0v) is 15.4. The molecule has 0 amide bonds. The molecule has 0 aliphatic heterocycles. The van der Waals surface area contributed by atoms with Crippen LogP contribution in [0.15, 0.2) is 48.5 Å². The van der Waals surface area contributed by atoms with Crippen molar-refractivity contribution in [3.8, 4) is 5.75 Å². The van der Waals surface area contributed by atoms with E-state index in [2.05, 4.69) is 6.92 Å². The van der Waals surface area contributed by atoms with Gasteiger partial charge in [-0.1, -0.05) is 44.0 Å². The van der Waals surface area contributed by atoms with E-state index in [-0.39, 0.29) is 17.7 Å². The molecule has 0 bridgehead atoms. The van der Waals surface area contributed by atoms with Crippen LogP contribution in [0.2, 0.25) is 0 Å². The number of carbonyl (C=O) groups is 1. The second-order valence-corrected chi connectivity index (χ2v) is 6.29. The number of methoxy groups -OCH3 is 1. The van der Waals surface area contributed by atoms with Gasteiger partial charge in [0.2, 0.25) is 0 Å². The molecule has 0 spiro atoms. The van der Waals surface area contributed by atoms with Gasteiger partial charge in [-0.15, -0.1) is 0 Å². The molecule has 2 unspecified atom stereocenters. The van der Waals surface area contributed by atoms with Crippen LogP contribution < -0.4 is 10.5 Å². The molecular formula is C21H27NO4. The number of hydrogen-bond acceptors (Lipinski definition) is 4. The third-order valence-corrected chi connectivity index (χ3v) is 4.41. The number of carboxylic acid groups (broad SMARTS) is 1. The Labute approximate surface area is 154 Å². The number of hydrogen-bond donors (Lipinski definition) is 2. The van der Waals surface area contributed by atoms with Gasteiger partial charge in [0.05, 0.1) is 31.4 Å². The van der Waals surface area contributed by atoms with E-state index in [1.807, 2.05) is 24.3 Å². The lowest BCUT2D eigenvalue weighted by atomic mass is 9.97. The third kappa shape index (κ3) is 5.58. The summed E-state index contributed by atoms with van der Waals surface area (Å²) >= 11 is 0. The van der Waals surface area contributed by atoms with E-state index in [0.717, 1.165) is 36.1 Å². The smallest absolute Gasteiger partial charge is 0.335 e. The molecule has 2 aromatic rings. The molecule has 0 radical (unpaired) electrons. The second-order valence-electron chi connectivity index (χ2n) is 6.29. The summed E-state index contributed by atoms with van der Waals surface area (Å²) < 4.78 is 11.3. The van der Waals surface area contributed by atoms with Crippen molar-refractivity contribution in [2.24, 2.45) is 5.73 Å². The molecule has 0 saturated carbocycles. The zero-order chi connectivity index (χ0) is 18.9. The van der Waals surface area contributed by atoms with Gasteiger partial charge in [-0.3, -0.25) is 0 Å². The molecule has 2 atom stereocenters. The van der Waals surface area contributed by atoms with E-state index in [1.54, 1.807) is 31.4 Å². The highest BCUT2D eigenvalue weighted by Gasteiger charge is 2.20. The molecule has 0 aliphatic carbocycles. The Morgan fingerprint density at radius 2 is 1.77 bits per heavy atom. The SMILES string of the molecule is CCCCC(OCc1ccc(OC)cc1)C(N)c1ccc(C(=O)O)cc1. The van der Waals surface area contributed by atoms with Crippen molar-refractivity contribution in [1.82, 2.24) is 0 Å². The maximum Gasteiger partial charge on any atom is 0.335 e. The lowest BCUT2D eigenvalue weighted by molar-refractivity contribution is 0.0161. The van der Waals surface area contributed by atoms with Crippen molar-refractivity contribution in [2.45, 2.75) is 44.9 Å². The Morgan fingerprint density at radius 3 is 2.31 bits per heavy atom. The molecule has 2 aromatic carbocycles. The second kappa shape index (κ2) is 9.94. The average molecular weight is 357 g/mol. The maximum atomic E-state index is 11.0. The standard InChI is InChI=1S/C21H27NO4/c1-3-4-5-19(26-14-15-6-12-18(25-2)13-7-15)20(22)16-8-10-17(11-9-16)21(23)24/h6-13,19-20H,3-5,14,22H2,1-2H3,(H,23,24). The van der Waals surface area contributed by atoms with E-state index < -0.39 is 5.97 Å². The summed E-state index contributed by atoms with van der Waals surface area (Å²) in [7, 11) is 1.64. The van der Waals surface area contributed by atoms with Crippen LogP contribution in [0.3, 0.4) is 0 Å². The van der Waals surface area contributed by atoms with Gasteiger partial charge in [-0.05, 0) is 41.8 Å². The fourth-order valence-electron chi connectivity index (χ4n) is 2.76. The molecule has 0 heterocycles. The van der Waals surface area contributed by atoms with Crippen LogP contribution >= 0.6 is 0 Å². The van der Waals surface area contributed by atoms with Crippen LogP contribution in [0.1, 0.15) is 53.7 Å². The minimum absolute atomic E-state index is 0.132. The van der Waals surface area contributed by atoms with E-state index >= 15 is 0 Å². The first-order chi connectivity index (χ1) is 12.5. The molecule has 3 N–H and O–H groups in total. The predicted molar refractivity (Wildman–Crippen MR) is 101 cm³/mol. The van der Waals surface area contributed by atoms with Crippen molar-refractivity contribution in [3.63, 3.8) is 0 Å². The number of nitrogens with two attached hydrogens (primary N) is 1. The van der Waals surface area contributed by atoms with Gasteiger partial charge >= 0.3 is 5.97 Å². The number of carboxylic acids is 1. The van der Waals surface area contributed by atoms with Crippen LogP contribution in [-0.4, -0.2) is 24.3 Å². The van der Waals surface area contributed by atoms with Crippen LogP contribution in [0.5, 0.6) is 5.75 Å². The molecule has 0 fully saturated rings. The van der Waals surface area contributed by atoms with Crippen molar-refractivity contribution in [1.29, 1.82) is 0 Å². The van der Waals surface area contributed by atoms with Crippen LogP contribution in [0, 0.1) is 0 Å². The highest BCUT2D eigenvalue weighted by Crippen LogP contribution is 2.23. The Kier molecular flexibility index (Phi) is 7.63. The number of unbranched alkanes of at least 4 members (excludes halogenated alkanes) is 1. The Bertz CT molecular complexity index is 682. The van der Waals surface area contributed by atoms with E-state index in [9.17, 15) is 4.79 Å². The first kappa shape index (κ1) is 19.9. The highest BCUT2D eigenvalue weighted by molar-refractivity contribution is 5.87. The fourth-order valence-corrected chi connectivity index (χ4v) is 2.76. The summed E-state index contributed by atoms with van der Waals surface area (Å²) in [5.41, 5.74) is 8.62. The summed E-state index contributed by atoms with van der Waals surface area (Å²) in [5, 5.41) is 9.02. The van der Waals surface area contributed by atoms with Gasteiger partial charge in [-0.25, -0.2) is 4.79 Å². The zero-order valence-electron chi connectivity index (χ0n) is 15.4. The molecule has 0 saturated heterocycles. The molecule has 5 heteroatoms. The van der Waals surface area contributed by atoms with Crippen molar-refractivity contribution in [3.05, 3.63) is 65.2 Å². The van der Waals surface area contributed by atoms with Crippen LogP contribution in [-0.2, 0) is 11.3 Å². The predicted octanol–water partition coefficient (Wildman–Crippen LogP) is 4.17. The first-order valence-electron chi connectivity index (χ1n) is 8.88. The average Bonchev–Trinajstić information content (AvgIpc) is 2.68. The highest BCUT2D eigenvalue weighted by atomic mass is 16.5. The van der Waals surface area contributed by atoms with Gasteiger partial charge in [0.25, 0.3) is 0 Å². The Hall–Kier alpha value is -2.37. The van der Waals surface area contributed by atoms with Gasteiger partial charge in [0.1, 0.15) is 5.75 Å². The maximum absolute atomic E-state index is 11.0. The normalized spacial score (nSPS) is 13.2. The summed E-state index contributed by atoms with van der Waals surface area (Å²) in [6.45, 7) is 2.60. The topological polar surface area (TPSA) is 81.8 Å². The van der Waals surface area contributed by atoms with E-state index in [1.165, 1.54) is 0 Å². The number of aromatic carboxylic acids is 1. The molecule has 0 aliphatic rings. The van der Waals surface area contributed by atoms with Crippen LogP contribution in [0.4, 0.5) is 0 Å². The lowest BCUT2D eigenvalue weighted by Crippen LogP contribution is -2.29. The van der Waals surface area contributed by atoms with E-state index in [0.29, 0.717) is 6.61 Å². The monoisotopic (exact) mass is 357 g/mol. The molecule has 5 nitrogen and oxygen atoms in total. The molecule has 0 aromatic heterocycles. The van der Waals surface area contributed by atoms with E-state index in [4.69, 9.17) is 20.3 Å². The number of rotatable bonds is 10. The summed E-state index contributed by atoms with van der Waals surface area (Å²) in [5.74, 6) is -0.130.